The fraction of sp³-hybridized carbons (Fsp3) is 0. The first-order chi connectivity index (χ1) is 12.8. The van der Waals surface area contributed by atoms with Crippen molar-refractivity contribution in [3.8, 4) is 11.6 Å². The molecule has 9 heteroatoms. The van der Waals surface area contributed by atoms with Gasteiger partial charge >= 0.3 is 0 Å². The zero-order chi connectivity index (χ0) is 19.4. The summed E-state index contributed by atoms with van der Waals surface area (Å²) in [5, 5.41) is 7.64. The first-order valence-electron chi connectivity index (χ1n) is 7.65. The fourth-order valence-electron chi connectivity index (χ4n) is 2.14. The fourth-order valence-corrected chi connectivity index (χ4v) is 2.65. The molecule has 0 radical (unpaired) electrons. The van der Waals surface area contributed by atoms with Crippen molar-refractivity contribution in [2.45, 2.75) is 4.90 Å². The summed E-state index contributed by atoms with van der Waals surface area (Å²) in [7, 11) is -3.81. The van der Waals surface area contributed by atoms with Crippen LogP contribution in [0, 0.1) is 5.82 Å². The van der Waals surface area contributed by atoms with Gasteiger partial charge in [-0.15, -0.1) is 0 Å². The largest absolute Gasteiger partial charge is 0.439 e. The van der Waals surface area contributed by atoms with E-state index in [1.165, 1.54) is 54.7 Å². The Hall–Kier alpha value is -3.30. The van der Waals surface area contributed by atoms with Gasteiger partial charge in [-0.25, -0.2) is 22.9 Å². The van der Waals surface area contributed by atoms with Crippen LogP contribution in [0.2, 0.25) is 0 Å². The number of hydrogen-bond donors (Lipinski definition) is 2. The molecule has 27 heavy (non-hydrogen) atoms. The van der Waals surface area contributed by atoms with Crippen LogP contribution < -0.4 is 15.2 Å². The molecule has 2 aromatic carbocycles. The lowest BCUT2D eigenvalue weighted by Gasteiger charge is -2.08. The molecular formula is C18H14FN3O4S. The number of halogens is 1. The smallest absolute Gasteiger partial charge is 0.255 e. The maximum absolute atomic E-state index is 12.9. The first-order valence-corrected chi connectivity index (χ1v) is 9.19. The van der Waals surface area contributed by atoms with Crippen molar-refractivity contribution in [3.05, 3.63) is 78.2 Å². The van der Waals surface area contributed by atoms with Gasteiger partial charge in [-0.3, -0.25) is 4.79 Å². The third-order valence-corrected chi connectivity index (χ3v) is 4.40. The number of pyridine rings is 1. The molecule has 1 heterocycles. The third kappa shape index (κ3) is 4.87. The maximum Gasteiger partial charge on any atom is 0.255 e. The van der Waals surface area contributed by atoms with Gasteiger partial charge in [0.2, 0.25) is 15.9 Å². The van der Waals surface area contributed by atoms with Gasteiger partial charge in [-0.1, -0.05) is 0 Å². The highest BCUT2D eigenvalue weighted by Crippen LogP contribution is 2.21. The molecule has 3 aromatic rings. The summed E-state index contributed by atoms with van der Waals surface area (Å²) in [5.41, 5.74) is 0.677. The summed E-state index contributed by atoms with van der Waals surface area (Å²) in [4.78, 5) is 16.2. The Morgan fingerprint density at radius 3 is 2.22 bits per heavy atom. The Balaban J connectivity index is 1.65. The second kappa shape index (κ2) is 7.52. The summed E-state index contributed by atoms with van der Waals surface area (Å²) >= 11 is 0. The predicted molar refractivity (Wildman–Crippen MR) is 96.5 cm³/mol. The number of amides is 1. The molecule has 0 atom stereocenters. The molecular weight excluding hydrogens is 373 g/mol. The molecule has 7 nitrogen and oxygen atoms in total. The summed E-state index contributed by atoms with van der Waals surface area (Å²) in [6.45, 7) is 0. The highest BCUT2D eigenvalue weighted by molar-refractivity contribution is 7.89. The van der Waals surface area contributed by atoms with Crippen molar-refractivity contribution in [1.82, 2.24) is 4.98 Å². The minimum absolute atomic E-state index is 0.0805. The lowest BCUT2D eigenvalue weighted by Crippen LogP contribution is -2.14. The van der Waals surface area contributed by atoms with Crippen LogP contribution in [0.1, 0.15) is 10.4 Å². The minimum atomic E-state index is -3.81. The predicted octanol–water partition coefficient (Wildman–Crippen LogP) is 2.91. The molecule has 1 aromatic heterocycles. The number of carbonyl (C=O) groups is 1. The van der Waals surface area contributed by atoms with E-state index in [9.17, 15) is 17.6 Å². The van der Waals surface area contributed by atoms with Crippen molar-refractivity contribution in [3.63, 3.8) is 0 Å². The monoisotopic (exact) mass is 387 g/mol. The molecule has 1 amide bonds. The number of ether oxygens (including phenoxy) is 1. The van der Waals surface area contributed by atoms with Crippen LogP contribution >= 0.6 is 0 Å². The number of nitrogens with zero attached hydrogens (tertiary/aromatic N) is 1. The van der Waals surface area contributed by atoms with E-state index in [1.54, 1.807) is 12.1 Å². The average molecular weight is 387 g/mol. The molecule has 0 spiro atoms. The SMILES string of the molecule is NS(=O)(=O)c1ccc(C(=O)Nc2ccc(Oc3ccc(F)cc3)nc2)cc1. The number of nitrogens with two attached hydrogens (primary N) is 1. The van der Waals surface area contributed by atoms with Crippen molar-refractivity contribution in [2.75, 3.05) is 5.32 Å². The minimum Gasteiger partial charge on any atom is -0.439 e. The highest BCUT2D eigenvalue weighted by Gasteiger charge is 2.11. The number of benzene rings is 2. The zero-order valence-electron chi connectivity index (χ0n) is 13.8. The first kappa shape index (κ1) is 18.5. The molecule has 0 unspecified atom stereocenters. The summed E-state index contributed by atoms with van der Waals surface area (Å²) in [6, 6.07) is 13.8. The van der Waals surface area contributed by atoms with Crippen LogP contribution in [0.4, 0.5) is 10.1 Å². The van der Waals surface area contributed by atoms with Crippen LogP contribution in [0.3, 0.4) is 0 Å². The van der Waals surface area contributed by atoms with Crippen LogP contribution in [-0.2, 0) is 10.0 Å². The Morgan fingerprint density at radius 2 is 1.67 bits per heavy atom. The highest BCUT2D eigenvalue weighted by atomic mass is 32.2. The number of primary sulfonamides is 1. The van der Waals surface area contributed by atoms with Gasteiger partial charge in [0.25, 0.3) is 5.91 Å². The average Bonchev–Trinajstić information content (AvgIpc) is 2.64. The number of nitrogens with one attached hydrogen (secondary N) is 1. The second-order valence-electron chi connectivity index (χ2n) is 5.46. The van der Waals surface area contributed by atoms with E-state index in [0.29, 0.717) is 11.4 Å². The van der Waals surface area contributed by atoms with Gasteiger partial charge in [0.05, 0.1) is 16.8 Å². The second-order valence-corrected chi connectivity index (χ2v) is 7.03. The topological polar surface area (TPSA) is 111 Å². The number of hydrogen-bond acceptors (Lipinski definition) is 5. The zero-order valence-corrected chi connectivity index (χ0v) is 14.6. The molecule has 0 aliphatic rings. The lowest BCUT2D eigenvalue weighted by molar-refractivity contribution is 0.102. The lowest BCUT2D eigenvalue weighted by atomic mass is 10.2. The Labute approximate surface area is 154 Å². The van der Waals surface area contributed by atoms with Crippen LogP contribution in [0.25, 0.3) is 0 Å². The Kier molecular flexibility index (Phi) is 5.15. The Morgan fingerprint density at radius 1 is 1.00 bits per heavy atom. The Bertz CT molecular complexity index is 1050. The number of sulfonamides is 1. The number of rotatable bonds is 5. The van der Waals surface area contributed by atoms with Crippen molar-refractivity contribution in [1.29, 1.82) is 0 Å². The summed E-state index contributed by atoms with van der Waals surface area (Å²) < 4.78 is 40.8. The van der Waals surface area contributed by atoms with Gasteiger partial charge in [0, 0.05) is 11.6 Å². The summed E-state index contributed by atoms with van der Waals surface area (Å²) in [5.74, 6) is -0.108. The van der Waals surface area contributed by atoms with E-state index < -0.39 is 15.9 Å². The van der Waals surface area contributed by atoms with Crippen molar-refractivity contribution >= 4 is 21.6 Å². The van der Waals surface area contributed by atoms with Crippen LogP contribution in [0.15, 0.2) is 71.8 Å². The molecule has 0 bridgehead atoms. The van der Waals surface area contributed by atoms with Gasteiger partial charge in [-0.2, -0.15) is 0 Å². The third-order valence-electron chi connectivity index (χ3n) is 3.48. The van der Waals surface area contributed by atoms with Crippen molar-refractivity contribution < 1.29 is 22.3 Å². The molecule has 3 N–H and O–H groups in total. The molecule has 0 saturated heterocycles. The number of aromatic nitrogens is 1. The maximum atomic E-state index is 12.9. The normalized spacial score (nSPS) is 11.0. The van der Waals surface area contributed by atoms with Crippen molar-refractivity contribution in [2.24, 2.45) is 5.14 Å². The van der Waals surface area contributed by atoms with E-state index in [2.05, 4.69) is 10.3 Å². The van der Waals surface area contributed by atoms with Gasteiger partial charge < -0.3 is 10.1 Å². The van der Waals surface area contributed by atoms with E-state index in [4.69, 9.17) is 9.88 Å². The van der Waals surface area contributed by atoms with Gasteiger partial charge in [-0.05, 0) is 54.6 Å². The molecule has 0 fully saturated rings. The number of carbonyl (C=O) groups excluding carboxylic acids is 1. The molecule has 0 aliphatic heterocycles. The molecule has 138 valence electrons. The molecule has 0 aliphatic carbocycles. The van der Waals surface area contributed by atoms with E-state index in [1.807, 2.05) is 0 Å². The van der Waals surface area contributed by atoms with E-state index in [0.717, 1.165) is 0 Å². The number of anilines is 1. The summed E-state index contributed by atoms with van der Waals surface area (Å²) in [6.07, 6.45) is 1.40. The molecule has 0 saturated carbocycles. The van der Waals surface area contributed by atoms with E-state index >= 15 is 0 Å². The van der Waals surface area contributed by atoms with Gasteiger partial charge in [0.1, 0.15) is 11.6 Å². The quantitative estimate of drug-likeness (QED) is 0.699. The standard InChI is InChI=1S/C18H14FN3O4S/c19-13-3-6-15(7-4-13)26-17-10-5-14(11-21-17)22-18(23)12-1-8-16(9-2-12)27(20,24)25/h1-11H,(H,22,23)(H2,20,24,25). The van der Waals surface area contributed by atoms with Gasteiger partial charge in [0.15, 0.2) is 0 Å². The van der Waals surface area contributed by atoms with Crippen LogP contribution in [0.5, 0.6) is 11.6 Å². The molecule has 3 rings (SSSR count). The van der Waals surface area contributed by atoms with E-state index in [-0.39, 0.29) is 22.2 Å². The van der Waals surface area contributed by atoms with Crippen LogP contribution in [-0.4, -0.2) is 19.3 Å².